The molecule has 6 nitrogen and oxygen atoms in total. The highest BCUT2D eigenvalue weighted by Gasteiger charge is 2.26. The molecular formula is C22H36N4O2. The predicted molar refractivity (Wildman–Crippen MR) is 114 cm³/mol. The maximum absolute atomic E-state index is 12.5. The molecule has 28 heavy (non-hydrogen) atoms. The van der Waals surface area contributed by atoms with Crippen LogP contribution in [0.1, 0.15) is 45.1 Å². The predicted octanol–water partition coefficient (Wildman–Crippen LogP) is 2.80. The average Bonchev–Trinajstić information content (AvgIpc) is 2.74. The minimum atomic E-state index is 0.176. The Morgan fingerprint density at radius 3 is 2.50 bits per heavy atom. The van der Waals surface area contributed by atoms with E-state index in [1.54, 1.807) is 7.05 Å². The van der Waals surface area contributed by atoms with Crippen molar-refractivity contribution in [3.8, 4) is 0 Å². The van der Waals surface area contributed by atoms with E-state index in [0.29, 0.717) is 31.7 Å². The van der Waals surface area contributed by atoms with Crippen molar-refractivity contribution in [3.63, 3.8) is 0 Å². The maximum atomic E-state index is 12.5. The Balaban J connectivity index is 1.63. The number of carbonyl (C=O) groups excluding carboxylic acids is 1. The lowest BCUT2D eigenvalue weighted by atomic mass is 9.98. The number of carbonyl (C=O) groups is 1. The molecule has 0 radical (unpaired) electrons. The van der Waals surface area contributed by atoms with E-state index >= 15 is 0 Å². The summed E-state index contributed by atoms with van der Waals surface area (Å²) in [4.78, 5) is 18.8. The first-order chi connectivity index (χ1) is 13.7. The molecule has 0 aromatic heterocycles. The van der Waals surface area contributed by atoms with Crippen LogP contribution in [0, 0.1) is 5.92 Å². The highest BCUT2D eigenvalue weighted by molar-refractivity contribution is 5.80. The molecule has 1 fully saturated rings. The van der Waals surface area contributed by atoms with E-state index in [2.05, 4.69) is 41.6 Å². The number of guanidine groups is 1. The van der Waals surface area contributed by atoms with Gasteiger partial charge in [0.05, 0.1) is 13.2 Å². The first kappa shape index (κ1) is 22.2. The van der Waals surface area contributed by atoms with E-state index in [4.69, 9.17) is 4.74 Å². The van der Waals surface area contributed by atoms with E-state index < -0.39 is 0 Å². The molecule has 0 atom stereocenters. The quantitative estimate of drug-likeness (QED) is 0.388. The molecule has 156 valence electrons. The number of hydrogen-bond donors (Lipinski definition) is 2. The van der Waals surface area contributed by atoms with Crippen molar-refractivity contribution in [3.05, 3.63) is 35.9 Å². The van der Waals surface area contributed by atoms with Crippen molar-refractivity contribution in [2.75, 3.05) is 33.3 Å². The Labute approximate surface area is 169 Å². The van der Waals surface area contributed by atoms with Crippen LogP contribution in [0.5, 0.6) is 0 Å². The van der Waals surface area contributed by atoms with Crippen LogP contribution in [-0.4, -0.2) is 56.1 Å². The molecule has 2 N–H and O–H groups in total. The van der Waals surface area contributed by atoms with Gasteiger partial charge in [-0.2, -0.15) is 0 Å². The molecule has 1 aromatic rings. The van der Waals surface area contributed by atoms with Gasteiger partial charge >= 0.3 is 0 Å². The SMILES string of the molecule is CCC(CC)C(=O)N1CCC(NC(=NC)NCCOCc2ccccc2)CC1. The Morgan fingerprint density at radius 1 is 1.21 bits per heavy atom. The summed E-state index contributed by atoms with van der Waals surface area (Å²) in [6.45, 7) is 7.79. The third-order valence-electron chi connectivity index (χ3n) is 5.36. The van der Waals surface area contributed by atoms with Crippen LogP contribution >= 0.6 is 0 Å². The summed E-state index contributed by atoms with van der Waals surface area (Å²) in [5.74, 6) is 1.30. The first-order valence-electron chi connectivity index (χ1n) is 10.6. The molecule has 6 heteroatoms. The third-order valence-corrected chi connectivity index (χ3v) is 5.36. The number of hydrogen-bond acceptors (Lipinski definition) is 3. The van der Waals surface area contributed by atoms with Crippen molar-refractivity contribution >= 4 is 11.9 Å². The van der Waals surface area contributed by atoms with Crippen molar-refractivity contribution < 1.29 is 9.53 Å². The van der Waals surface area contributed by atoms with E-state index in [1.807, 2.05) is 23.1 Å². The smallest absolute Gasteiger partial charge is 0.225 e. The average molecular weight is 389 g/mol. The molecule has 0 bridgehead atoms. The summed E-state index contributed by atoms with van der Waals surface area (Å²) in [7, 11) is 1.78. The third kappa shape index (κ3) is 7.15. The summed E-state index contributed by atoms with van der Waals surface area (Å²) < 4.78 is 5.70. The van der Waals surface area contributed by atoms with Crippen molar-refractivity contribution in [1.29, 1.82) is 0 Å². The van der Waals surface area contributed by atoms with Gasteiger partial charge in [0, 0.05) is 38.6 Å². The van der Waals surface area contributed by atoms with Crippen LogP contribution in [0.15, 0.2) is 35.3 Å². The summed E-state index contributed by atoms with van der Waals surface area (Å²) in [6, 6.07) is 10.5. The van der Waals surface area contributed by atoms with Crippen LogP contribution < -0.4 is 10.6 Å². The van der Waals surface area contributed by atoms with Crippen LogP contribution in [0.25, 0.3) is 0 Å². The van der Waals surface area contributed by atoms with Crippen molar-refractivity contribution in [2.45, 2.75) is 52.2 Å². The summed E-state index contributed by atoms with van der Waals surface area (Å²) in [6.07, 6.45) is 3.76. The second-order valence-electron chi connectivity index (χ2n) is 7.29. The van der Waals surface area contributed by atoms with E-state index in [0.717, 1.165) is 44.7 Å². The molecule has 1 saturated heterocycles. The molecular weight excluding hydrogens is 352 g/mol. The molecule has 0 aliphatic carbocycles. The zero-order valence-corrected chi connectivity index (χ0v) is 17.6. The van der Waals surface area contributed by atoms with Gasteiger partial charge in [0.25, 0.3) is 0 Å². The zero-order chi connectivity index (χ0) is 20.2. The number of nitrogens with zero attached hydrogens (tertiary/aromatic N) is 2. The van der Waals surface area contributed by atoms with E-state index in [9.17, 15) is 4.79 Å². The van der Waals surface area contributed by atoms with E-state index in [1.165, 1.54) is 5.56 Å². The van der Waals surface area contributed by atoms with Gasteiger partial charge in [-0.25, -0.2) is 0 Å². The highest BCUT2D eigenvalue weighted by Crippen LogP contribution is 2.17. The number of aliphatic imine (C=N–C) groups is 1. The number of piperidine rings is 1. The second kappa shape index (κ2) is 12.4. The fraction of sp³-hybridized carbons (Fsp3) is 0.636. The molecule has 1 aliphatic rings. The van der Waals surface area contributed by atoms with Crippen LogP contribution in [0.4, 0.5) is 0 Å². The number of amides is 1. The van der Waals surface area contributed by atoms with Crippen molar-refractivity contribution in [1.82, 2.24) is 15.5 Å². The lowest BCUT2D eigenvalue weighted by Gasteiger charge is -2.34. The lowest BCUT2D eigenvalue weighted by molar-refractivity contribution is -0.136. The van der Waals surface area contributed by atoms with Gasteiger partial charge in [0.15, 0.2) is 5.96 Å². The number of likely N-dealkylation sites (tertiary alicyclic amines) is 1. The number of nitrogens with one attached hydrogen (secondary N) is 2. The monoisotopic (exact) mass is 388 g/mol. The topological polar surface area (TPSA) is 66.0 Å². The van der Waals surface area contributed by atoms with Gasteiger partial charge in [-0.05, 0) is 31.2 Å². The largest absolute Gasteiger partial charge is 0.375 e. The zero-order valence-electron chi connectivity index (χ0n) is 17.6. The van der Waals surface area contributed by atoms with Crippen LogP contribution in [-0.2, 0) is 16.1 Å². The Bertz CT molecular complexity index is 594. The molecule has 1 aromatic carbocycles. The summed E-state index contributed by atoms with van der Waals surface area (Å²) >= 11 is 0. The van der Waals surface area contributed by atoms with Gasteiger partial charge < -0.3 is 20.3 Å². The van der Waals surface area contributed by atoms with Gasteiger partial charge in [0.1, 0.15) is 0 Å². The maximum Gasteiger partial charge on any atom is 0.225 e. The highest BCUT2D eigenvalue weighted by atomic mass is 16.5. The Kier molecular flexibility index (Phi) is 9.83. The first-order valence-corrected chi connectivity index (χ1v) is 10.6. The van der Waals surface area contributed by atoms with Gasteiger partial charge in [-0.3, -0.25) is 9.79 Å². The molecule has 1 aliphatic heterocycles. The minimum Gasteiger partial charge on any atom is -0.375 e. The molecule has 2 rings (SSSR count). The second-order valence-corrected chi connectivity index (χ2v) is 7.29. The van der Waals surface area contributed by atoms with Crippen LogP contribution in [0.2, 0.25) is 0 Å². The molecule has 0 unspecified atom stereocenters. The number of benzene rings is 1. The molecule has 0 spiro atoms. The van der Waals surface area contributed by atoms with Gasteiger partial charge in [-0.1, -0.05) is 44.2 Å². The molecule has 1 heterocycles. The van der Waals surface area contributed by atoms with Crippen LogP contribution in [0.3, 0.4) is 0 Å². The molecule has 1 amide bonds. The fourth-order valence-electron chi connectivity index (χ4n) is 3.53. The lowest BCUT2D eigenvalue weighted by Crippen LogP contribution is -2.51. The minimum absolute atomic E-state index is 0.176. The van der Waals surface area contributed by atoms with Gasteiger partial charge in [0.2, 0.25) is 5.91 Å². The van der Waals surface area contributed by atoms with Crippen molar-refractivity contribution in [2.24, 2.45) is 10.9 Å². The summed E-state index contributed by atoms with van der Waals surface area (Å²) in [5.41, 5.74) is 1.18. The number of rotatable bonds is 9. The molecule has 0 saturated carbocycles. The van der Waals surface area contributed by atoms with Gasteiger partial charge in [-0.15, -0.1) is 0 Å². The number of ether oxygens (including phenoxy) is 1. The normalized spacial score (nSPS) is 15.7. The summed E-state index contributed by atoms with van der Waals surface area (Å²) in [5, 5.41) is 6.78. The Morgan fingerprint density at radius 2 is 1.89 bits per heavy atom. The standard InChI is InChI=1S/C22H36N4O2/c1-4-19(5-2)21(27)26-14-11-20(12-15-26)25-22(23-3)24-13-16-28-17-18-9-7-6-8-10-18/h6-10,19-20H,4-5,11-17H2,1-3H3,(H2,23,24,25). The van der Waals surface area contributed by atoms with E-state index in [-0.39, 0.29) is 5.92 Å². The fourth-order valence-corrected chi connectivity index (χ4v) is 3.53. The Hall–Kier alpha value is -2.08.